The standard InChI is InChI=1S/C17H19N3O3/c1-19-14-6-5-11(22-2)8-13(14)15-16(19)17(21)20(10-18-15)9-12-4-3-7-23-12/h5-6,8,10,12H,3-4,7,9H2,1-2H3/t12-/m1/s1. The molecular weight excluding hydrogens is 294 g/mol. The number of benzene rings is 1. The SMILES string of the molecule is COc1ccc2c(c1)c1ncn(C[C@H]3CCCO3)c(=O)c1n2C. The van der Waals surface area contributed by atoms with Crippen LogP contribution in [-0.4, -0.2) is 33.9 Å². The van der Waals surface area contributed by atoms with Crippen LogP contribution >= 0.6 is 0 Å². The highest BCUT2D eigenvalue weighted by atomic mass is 16.5. The van der Waals surface area contributed by atoms with E-state index in [0.29, 0.717) is 12.1 Å². The summed E-state index contributed by atoms with van der Waals surface area (Å²) in [6.07, 6.45) is 3.80. The molecule has 0 bridgehead atoms. The Bertz CT molecular complexity index is 936. The van der Waals surface area contributed by atoms with Crippen LogP contribution in [0.4, 0.5) is 0 Å². The van der Waals surface area contributed by atoms with Crippen molar-refractivity contribution >= 4 is 21.9 Å². The first-order valence-electron chi connectivity index (χ1n) is 7.82. The van der Waals surface area contributed by atoms with Crippen LogP contribution in [0.3, 0.4) is 0 Å². The lowest BCUT2D eigenvalue weighted by Crippen LogP contribution is -2.27. The molecule has 1 atom stereocenters. The van der Waals surface area contributed by atoms with Crippen molar-refractivity contribution in [2.24, 2.45) is 7.05 Å². The van der Waals surface area contributed by atoms with Gasteiger partial charge in [-0.25, -0.2) is 4.98 Å². The van der Waals surface area contributed by atoms with Crippen molar-refractivity contribution in [2.45, 2.75) is 25.5 Å². The first-order chi connectivity index (χ1) is 11.2. The summed E-state index contributed by atoms with van der Waals surface area (Å²) in [5.41, 5.74) is 2.28. The number of aromatic nitrogens is 3. The number of fused-ring (bicyclic) bond motifs is 3. The van der Waals surface area contributed by atoms with E-state index in [1.54, 1.807) is 18.0 Å². The van der Waals surface area contributed by atoms with Crippen molar-refractivity contribution in [3.8, 4) is 5.75 Å². The van der Waals surface area contributed by atoms with Crippen LogP contribution in [-0.2, 0) is 18.3 Å². The van der Waals surface area contributed by atoms with Crippen molar-refractivity contribution in [1.29, 1.82) is 0 Å². The average Bonchev–Trinajstić information content (AvgIpc) is 3.17. The normalized spacial score (nSPS) is 18.1. The number of rotatable bonds is 3. The van der Waals surface area contributed by atoms with Gasteiger partial charge in [-0.2, -0.15) is 0 Å². The molecule has 1 aliphatic heterocycles. The van der Waals surface area contributed by atoms with Gasteiger partial charge in [0.2, 0.25) is 0 Å². The van der Waals surface area contributed by atoms with E-state index in [-0.39, 0.29) is 11.7 Å². The molecule has 0 spiro atoms. The fourth-order valence-corrected chi connectivity index (χ4v) is 3.36. The summed E-state index contributed by atoms with van der Waals surface area (Å²) in [4.78, 5) is 17.4. The third kappa shape index (κ3) is 2.21. The van der Waals surface area contributed by atoms with Crippen LogP contribution in [0, 0.1) is 0 Å². The maximum absolute atomic E-state index is 12.9. The molecule has 0 unspecified atom stereocenters. The number of methoxy groups -OCH3 is 1. The molecule has 6 nitrogen and oxygen atoms in total. The highest BCUT2D eigenvalue weighted by Crippen LogP contribution is 2.28. The van der Waals surface area contributed by atoms with Crippen molar-refractivity contribution < 1.29 is 9.47 Å². The predicted octanol–water partition coefficient (Wildman–Crippen LogP) is 2.08. The largest absolute Gasteiger partial charge is 0.497 e. The summed E-state index contributed by atoms with van der Waals surface area (Å²) >= 11 is 0. The summed E-state index contributed by atoms with van der Waals surface area (Å²) in [5, 5.41) is 0.934. The van der Waals surface area contributed by atoms with Gasteiger partial charge >= 0.3 is 0 Å². The predicted molar refractivity (Wildman–Crippen MR) is 88.0 cm³/mol. The summed E-state index contributed by atoms with van der Waals surface area (Å²) in [6.45, 7) is 1.34. The minimum atomic E-state index is -0.0248. The highest BCUT2D eigenvalue weighted by molar-refractivity contribution is 6.05. The smallest absolute Gasteiger partial charge is 0.277 e. The molecule has 0 amide bonds. The van der Waals surface area contributed by atoms with Crippen molar-refractivity contribution in [3.05, 3.63) is 34.9 Å². The van der Waals surface area contributed by atoms with E-state index in [0.717, 1.165) is 41.6 Å². The van der Waals surface area contributed by atoms with Crippen LogP contribution in [0.5, 0.6) is 5.75 Å². The zero-order valence-corrected chi connectivity index (χ0v) is 13.3. The van der Waals surface area contributed by atoms with Crippen molar-refractivity contribution in [3.63, 3.8) is 0 Å². The lowest BCUT2D eigenvalue weighted by molar-refractivity contribution is 0.0960. The first-order valence-corrected chi connectivity index (χ1v) is 7.82. The molecular formula is C17H19N3O3. The third-order valence-corrected chi connectivity index (χ3v) is 4.59. The highest BCUT2D eigenvalue weighted by Gasteiger charge is 2.19. The lowest BCUT2D eigenvalue weighted by Gasteiger charge is -2.11. The molecule has 0 aliphatic carbocycles. The molecule has 0 saturated carbocycles. The van der Waals surface area contributed by atoms with Crippen molar-refractivity contribution in [2.75, 3.05) is 13.7 Å². The Balaban J connectivity index is 1.90. The van der Waals surface area contributed by atoms with E-state index < -0.39 is 0 Å². The molecule has 1 aliphatic rings. The average molecular weight is 313 g/mol. The van der Waals surface area contributed by atoms with Crippen molar-refractivity contribution in [1.82, 2.24) is 14.1 Å². The lowest BCUT2D eigenvalue weighted by atomic mass is 10.2. The van der Waals surface area contributed by atoms with Gasteiger partial charge in [0, 0.05) is 19.0 Å². The summed E-state index contributed by atoms with van der Waals surface area (Å²) in [5.74, 6) is 0.760. The van der Waals surface area contributed by atoms with Gasteiger partial charge in [0.05, 0.1) is 31.6 Å². The Morgan fingerprint density at radius 1 is 1.43 bits per heavy atom. The Morgan fingerprint density at radius 2 is 2.30 bits per heavy atom. The Labute approximate surface area is 133 Å². The summed E-state index contributed by atoms with van der Waals surface area (Å²) in [7, 11) is 3.53. The fourth-order valence-electron chi connectivity index (χ4n) is 3.36. The monoisotopic (exact) mass is 313 g/mol. The number of nitrogens with zero attached hydrogens (tertiary/aromatic N) is 3. The molecule has 0 radical (unpaired) electrons. The minimum absolute atomic E-state index is 0.0248. The third-order valence-electron chi connectivity index (χ3n) is 4.59. The van der Waals surface area contributed by atoms with Gasteiger partial charge in [-0.15, -0.1) is 0 Å². The van der Waals surface area contributed by atoms with E-state index in [9.17, 15) is 4.79 Å². The second-order valence-electron chi connectivity index (χ2n) is 5.98. The molecule has 3 aromatic rings. The van der Waals surface area contributed by atoms with E-state index in [2.05, 4.69) is 4.98 Å². The Hall–Kier alpha value is -2.34. The second kappa shape index (κ2) is 5.38. The second-order valence-corrected chi connectivity index (χ2v) is 5.98. The number of aryl methyl sites for hydroxylation is 1. The number of hydrogen-bond donors (Lipinski definition) is 0. The number of hydrogen-bond acceptors (Lipinski definition) is 4. The van der Waals surface area contributed by atoms with E-state index in [4.69, 9.17) is 9.47 Å². The molecule has 2 aromatic heterocycles. The van der Waals surface area contributed by atoms with Crippen LogP contribution < -0.4 is 10.3 Å². The van der Waals surface area contributed by atoms with E-state index in [1.165, 1.54) is 0 Å². The summed E-state index contributed by atoms with van der Waals surface area (Å²) < 4.78 is 14.5. The zero-order chi connectivity index (χ0) is 16.0. The van der Waals surface area contributed by atoms with Gasteiger partial charge in [-0.05, 0) is 31.0 Å². The van der Waals surface area contributed by atoms with Gasteiger partial charge in [0.25, 0.3) is 5.56 Å². The Morgan fingerprint density at radius 3 is 3.04 bits per heavy atom. The topological polar surface area (TPSA) is 58.3 Å². The minimum Gasteiger partial charge on any atom is -0.497 e. The zero-order valence-electron chi connectivity index (χ0n) is 13.3. The number of ether oxygens (including phenoxy) is 2. The van der Waals surface area contributed by atoms with Crippen LogP contribution in [0.2, 0.25) is 0 Å². The molecule has 23 heavy (non-hydrogen) atoms. The molecule has 6 heteroatoms. The molecule has 120 valence electrons. The van der Waals surface area contributed by atoms with Gasteiger partial charge in [0.15, 0.2) is 0 Å². The van der Waals surface area contributed by atoms with Gasteiger partial charge in [-0.1, -0.05) is 0 Å². The molecule has 0 N–H and O–H groups in total. The quantitative estimate of drug-likeness (QED) is 0.743. The molecule has 1 fully saturated rings. The molecule has 1 saturated heterocycles. The molecule has 3 heterocycles. The van der Waals surface area contributed by atoms with Gasteiger partial charge in [0.1, 0.15) is 16.8 Å². The van der Waals surface area contributed by atoms with Gasteiger partial charge < -0.3 is 14.0 Å². The van der Waals surface area contributed by atoms with Crippen LogP contribution in [0.25, 0.3) is 21.9 Å². The van der Waals surface area contributed by atoms with Gasteiger partial charge in [-0.3, -0.25) is 9.36 Å². The first kappa shape index (κ1) is 14.3. The maximum Gasteiger partial charge on any atom is 0.277 e. The molecule has 1 aromatic carbocycles. The molecule has 4 rings (SSSR count). The van der Waals surface area contributed by atoms with Crippen LogP contribution in [0.1, 0.15) is 12.8 Å². The van der Waals surface area contributed by atoms with E-state index in [1.807, 2.05) is 29.8 Å². The fraction of sp³-hybridized carbons (Fsp3) is 0.412. The maximum atomic E-state index is 12.9. The van der Waals surface area contributed by atoms with E-state index >= 15 is 0 Å². The summed E-state index contributed by atoms with van der Waals surface area (Å²) in [6, 6.07) is 5.78. The van der Waals surface area contributed by atoms with Crippen LogP contribution in [0.15, 0.2) is 29.3 Å². The Kier molecular flexibility index (Phi) is 3.34.